The zero-order chi connectivity index (χ0) is 11.7. The molecule has 0 saturated heterocycles. The molecule has 2 rings (SSSR count). The van der Waals surface area contributed by atoms with E-state index < -0.39 is 0 Å². The number of hydrogen-bond acceptors (Lipinski definition) is 4. The van der Waals surface area contributed by atoms with Crippen molar-refractivity contribution in [2.75, 3.05) is 0 Å². The summed E-state index contributed by atoms with van der Waals surface area (Å²) in [6.07, 6.45) is 0. The Morgan fingerprint density at radius 1 is 1.19 bits per heavy atom. The van der Waals surface area contributed by atoms with Crippen molar-refractivity contribution in [2.45, 2.75) is 6.54 Å². The number of nitrogens with two attached hydrogens (primary N) is 1. The van der Waals surface area contributed by atoms with Gasteiger partial charge in [0.1, 0.15) is 0 Å². The first-order chi connectivity index (χ1) is 7.63. The Morgan fingerprint density at radius 2 is 1.81 bits per heavy atom. The van der Waals surface area contributed by atoms with Crippen LogP contribution in [-0.2, 0) is 6.54 Å². The highest BCUT2D eigenvalue weighted by Crippen LogP contribution is 2.32. The Balaban J connectivity index is 2.64. The molecule has 0 bridgehead atoms. The van der Waals surface area contributed by atoms with E-state index in [-0.39, 0.29) is 6.54 Å². The molecule has 0 fully saturated rings. The third kappa shape index (κ3) is 2.20. The molecule has 16 heavy (non-hydrogen) atoms. The maximum absolute atomic E-state index is 5.56. The summed E-state index contributed by atoms with van der Waals surface area (Å²) in [5.41, 5.74) is 6.39. The van der Waals surface area contributed by atoms with Gasteiger partial charge in [0, 0.05) is 13.4 Å². The van der Waals surface area contributed by atoms with E-state index in [1.165, 1.54) is 0 Å². The van der Waals surface area contributed by atoms with Crippen LogP contribution in [0.2, 0.25) is 0 Å². The van der Waals surface area contributed by atoms with Gasteiger partial charge in [0.15, 0.2) is 5.82 Å². The van der Waals surface area contributed by atoms with E-state index >= 15 is 0 Å². The summed E-state index contributed by atoms with van der Waals surface area (Å²) >= 11 is 10.3. The summed E-state index contributed by atoms with van der Waals surface area (Å²) in [5.74, 6) is 0.601. The fraction of sp³-hybridized carbons (Fsp3) is 0.125. The van der Waals surface area contributed by atoms with E-state index in [4.69, 9.17) is 5.73 Å². The predicted molar refractivity (Wildman–Crippen MR) is 70.1 cm³/mol. The van der Waals surface area contributed by atoms with Crippen molar-refractivity contribution in [3.63, 3.8) is 0 Å². The van der Waals surface area contributed by atoms with E-state index in [1.807, 2.05) is 12.1 Å². The van der Waals surface area contributed by atoms with E-state index in [2.05, 4.69) is 63.3 Å². The van der Waals surface area contributed by atoms with Crippen molar-refractivity contribution in [1.29, 1.82) is 0 Å². The molecular formula is C8H6Br3N5. The summed E-state index contributed by atoms with van der Waals surface area (Å²) in [7, 11) is 0. The fourth-order valence-corrected chi connectivity index (χ4v) is 3.84. The maximum Gasteiger partial charge on any atom is 0.170 e. The molecule has 0 amide bonds. The highest BCUT2D eigenvalue weighted by molar-refractivity contribution is 9.11. The van der Waals surface area contributed by atoms with Gasteiger partial charge >= 0.3 is 0 Å². The van der Waals surface area contributed by atoms with Crippen LogP contribution in [-0.4, -0.2) is 20.2 Å². The lowest BCUT2D eigenvalue weighted by Gasteiger charge is -2.08. The molecule has 0 unspecified atom stereocenters. The van der Waals surface area contributed by atoms with Gasteiger partial charge < -0.3 is 5.73 Å². The van der Waals surface area contributed by atoms with E-state index in [0.29, 0.717) is 5.82 Å². The summed E-state index contributed by atoms with van der Waals surface area (Å²) < 4.78 is 4.30. The minimum atomic E-state index is 0.280. The zero-order valence-corrected chi connectivity index (χ0v) is 12.6. The lowest BCUT2D eigenvalue weighted by atomic mass is 10.3. The molecule has 1 heterocycles. The number of tetrazole rings is 1. The average Bonchev–Trinajstić information content (AvgIpc) is 2.64. The van der Waals surface area contributed by atoms with E-state index in [9.17, 15) is 0 Å². The lowest BCUT2D eigenvalue weighted by Crippen LogP contribution is -2.09. The normalized spacial score (nSPS) is 10.8. The minimum absolute atomic E-state index is 0.280. The van der Waals surface area contributed by atoms with Gasteiger partial charge in [0.25, 0.3) is 0 Å². The van der Waals surface area contributed by atoms with Gasteiger partial charge in [-0.05, 0) is 54.4 Å². The molecule has 0 aliphatic carbocycles. The summed E-state index contributed by atoms with van der Waals surface area (Å²) in [5, 5.41) is 11.4. The Hall–Kier alpha value is -0.310. The van der Waals surface area contributed by atoms with Gasteiger partial charge in [-0.3, -0.25) is 0 Å². The largest absolute Gasteiger partial charge is 0.324 e. The van der Waals surface area contributed by atoms with Gasteiger partial charge in [-0.25, -0.2) is 0 Å². The van der Waals surface area contributed by atoms with Crippen LogP contribution in [0, 0.1) is 0 Å². The molecule has 0 aliphatic heterocycles. The molecule has 0 radical (unpaired) electrons. The third-order valence-corrected chi connectivity index (χ3v) is 3.58. The molecule has 1 aromatic carbocycles. The number of aromatic nitrogens is 4. The molecule has 0 atom stereocenters. The number of nitrogens with zero attached hydrogens (tertiary/aromatic N) is 4. The van der Waals surface area contributed by atoms with Crippen LogP contribution in [0.4, 0.5) is 0 Å². The Kier molecular flexibility index (Phi) is 3.73. The number of hydrogen-bond donors (Lipinski definition) is 1. The van der Waals surface area contributed by atoms with Crippen molar-refractivity contribution in [3.8, 4) is 5.69 Å². The second-order valence-corrected chi connectivity index (χ2v) is 5.55. The maximum atomic E-state index is 5.56. The predicted octanol–water partition coefficient (Wildman–Crippen LogP) is 2.41. The van der Waals surface area contributed by atoms with Gasteiger partial charge in [0.05, 0.1) is 12.2 Å². The van der Waals surface area contributed by atoms with Gasteiger partial charge in [-0.15, -0.1) is 5.10 Å². The van der Waals surface area contributed by atoms with Crippen molar-refractivity contribution < 1.29 is 0 Å². The molecule has 0 spiro atoms. The van der Waals surface area contributed by atoms with Gasteiger partial charge in [-0.1, -0.05) is 15.9 Å². The Morgan fingerprint density at radius 3 is 2.38 bits per heavy atom. The average molecular weight is 412 g/mol. The van der Waals surface area contributed by atoms with Gasteiger partial charge in [-0.2, -0.15) is 4.68 Å². The number of rotatable bonds is 2. The second-order valence-electron chi connectivity index (χ2n) is 2.93. The minimum Gasteiger partial charge on any atom is -0.324 e. The van der Waals surface area contributed by atoms with E-state index in [0.717, 1.165) is 19.1 Å². The molecule has 84 valence electrons. The Bertz CT molecular complexity index is 501. The Labute approximate surface area is 117 Å². The highest BCUT2D eigenvalue weighted by Gasteiger charge is 2.14. The summed E-state index contributed by atoms with van der Waals surface area (Å²) in [6, 6.07) is 3.84. The highest BCUT2D eigenvalue weighted by atomic mass is 79.9. The van der Waals surface area contributed by atoms with Crippen LogP contribution < -0.4 is 5.73 Å². The first kappa shape index (κ1) is 12.2. The van der Waals surface area contributed by atoms with Crippen molar-refractivity contribution in [3.05, 3.63) is 31.4 Å². The SMILES string of the molecule is NCc1nnnn1-c1c(Br)cc(Br)cc1Br. The van der Waals surface area contributed by atoms with Crippen LogP contribution in [0.1, 0.15) is 5.82 Å². The molecule has 0 saturated carbocycles. The van der Waals surface area contributed by atoms with Crippen LogP contribution in [0.3, 0.4) is 0 Å². The molecule has 1 aromatic heterocycles. The molecule has 0 aliphatic rings. The topological polar surface area (TPSA) is 69.6 Å². The third-order valence-electron chi connectivity index (χ3n) is 1.91. The van der Waals surface area contributed by atoms with Crippen LogP contribution in [0.15, 0.2) is 25.6 Å². The summed E-state index contributed by atoms with van der Waals surface area (Å²) in [4.78, 5) is 0. The van der Waals surface area contributed by atoms with Crippen LogP contribution in [0.5, 0.6) is 0 Å². The first-order valence-electron chi connectivity index (χ1n) is 4.25. The van der Waals surface area contributed by atoms with E-state index in [1.54, 1.807) is 4.68 Å². The van der Waals surface area contributed by atoms with Gasteiger partial charge in [0.2, 0.25) is 0 Å². The number of benzene rings is 1. The smallest absolute Gasteiger partial charge is 0.170 e. The first-order valence-corrected chi connectivity index (χ1v) is 6.63. The molecule has 2 aromatic rings. The fourth-order valence-electron chi connectivity index (χ4n) is 1.24. The summed E-state index contributed by atoms with van der Waals surface area (Å²) in [6.45, 7) is 0.280. The quantitative estimate of drug-likeness (QED) is 0.823. The monoisotopic (exact) mass is 409 g/mol. The van der Waals surface area contributed by atoms with Crippen molar-refractivity contribution >= 4 is 47.8 Å². The zero-order valence-electron chi connectivity index (χ0n) is 7.86. The molecule has 8 heteroatoms. The molecular weight excluding hydrogens is 406 g/mol. The van der Waals surface area contributed by atoms with Crippen LogP contribution >= 0.6 is 47.8 Å². The lowest BCUT2D eigenvalue weighted by molar-refractivity contribution is 0.756. The molecule has 5 nitrogen and oxygen atoms in total. The second kappa shape index (κ2) is 4.91. The standard InChI is InChI=1S/C8H6Br3N5/c9-4-1-5(10)8(6(11)2-4)16-7(3-12)13-14-15-16/h1-2H,3,12H2. The molecule has 2 N–H and O–H groups in total. The van der Waals surface area contributed by atoms with Crippen molar-refractivity contribution in [2.24, 2.45) is 5.73 Å². The van der Waals surface area contributed by atoms with Crippen LogP contribution in [0.25, 0.3) is 5.69 Å². The van der Waals surface area contributed by atoms with Crippen molar-refractivity contribution in [1.82, 2.24) is 20.2 Å². The number of halogens is 3.